The maximum atomic E-state index is 11.8. The first-order chi connectivity index (χ1) is 9.43. The van der Waals surface area contributed by atoms with Gasteiger partial charge in [0, 0.05) is 11.0 Å². The van der Waals surface area contributed by atoms with Gasteiger partial charge in [0.15, 0.2) is 0 Å². The number of halogens is 1. The Morgan fingerprint density at radius 1 is 1.40 bits per heavy atom. The fraction of sp³-hybridized carbons (Fsp3) is 0.429. The van der Waals surface area contributed by atoms with Crippen LogP contribution in [-0.4, -0.2) is 23.7 Å². The van der Waals surface area contributed by atoms with Crippen LogP contribution in [0.1, 0.15) is 24.8 Å². The molecule has 0 saturated heterocycles. The fourth-order valence-corrected chi connectivity index (χ4v) is 2.57. The van der Waals surface area contributed by atoms with Crippen molar-refractivity contribution < 1.29 is 14.7 Å². The van der Waals surface area contributed by atoms with Gasteiger partial charge in [-0.15, -0.1) is 0 Å². The lowest BCUT2D eigenvalue weighted by Gasteiger charge is -2.37. The average Bonchev–Trinajstić information content (AvgIpc) is 2.32. The molecule has 6 heteroatoms. The van der Waals surface area contributed by atoms with E-state index in [0.29, 0.717) is 18.5 Å². The molecule has 0 spiro atoms. The van der Waals surface area contributed by atoms with Crippen molar-refractivity contribution in [2.24, 2.45) is 5.41 Å². The summed E-state index contributed by atoms with van der Waals surface area (Å²) in [6.45, 7) is 2.10. The van der Waals surface area contributed by atoms with Gasteiger partial charge in [-0.1, -0.05) is 12.5 Å². The van der Waals surface area contributed by atoms with Crippen LogP contribution in [0.25, 0.3) is 0 Å². The molecule has 0 bridgehead atoms. The lowest BCUT2D eigenvalue weighted by molar-refractivity contribution is -0.153. The van der Waals surface area contributed by atoms with Gasteiger partial charge in [0.25, 0.3) is 0 Å². The molecule has 1 aromatic rings. The highest BCUT2D eigenvalue weighted by Crippen LogP contribution is 2.40. The fourth-order valence-electron chi connectivity index (χ4n) is 2.22. The highest BCUT2D eigenvalue weighted by Gasteiger charge is 2.44. The first kappa shape index (κ1) is 14.8. The number of carboxylic acids is 1. The number of benzene rings is 1. The summed E-state index contributed by atoms with van der Waals surface area (Å²) >= 11 is 3.36. The second kappa shape index (κ2) is 5.83. The third kappa shape index (κ3) is 3.12. The zero-order valence-electron chi connectivity index (χ0n) is 11.2. The van der Waals surface area contributed by atoms with E-state index in [4.69, 9.17) is 0 Å². The number of carboxylic acid groups (broad SMARTS) is 1. The summed E-state index contributed by atoms with van der Waals surface area (Å²) in [5.74, 6) is -0.833. The molecule has 2 amide bonds. The van der Waals surface area contributed by atoms with E-state index in [9.17, 15) is 14.7 Å². The van der Waals surface area contributed by atoms with Crippen LogP contribution in [0, 0.1) is 12.3 Å². The summed E-state index contributed by atoms with van der Waals surface area (Å²) in [6, 6.07) is 5.25. The normalized spacial score (nSPS) is 16.1. The lowest BCUT2D eigenvalue weighted by Crippen LogP contribution is -2.48. The van der Waals surface area contributed by atoms with E-state index < -0.39 is 11.4 Å². The van der Waals surface area contributed by atoms with Gasteiger partial charge in [-0.2, -0.15) is 0 Å². The number of hydrogen-bond donors (Lipinski definition) is 3. The summed E-state index contributed by atoms with van der Waals surface area (Å²) < 4.78 is 0.787. The minimum absolute atomic E-state index is 0.164. The number of aliphatic carboxylic acids is 1. The summed E-state index contributed by atoms with van der Waals surface area (Å²) in [7, 11) is 0. The number of nitrogens with one attached hydrogen (secondary N) is 2. The Hall–Kier alpha value is -1.56. The third-order valence-electron chi connectivity index (χ3n) is 3.72. The molecule has 20 heavy (non-hydrogen) atoms. The van der Waals surface area contributed by atoms with Gasteiger partial charge in [0.05, 0.1) is 11.1 Å². The van der Waals surface area contributed by atoms with Crippen LogP contribution in [0.15, 0.2) is 22.7 Å². The molecule has 1 fully saturated rings. The Labute approximate surface area is 125 Å². The molecule has 1 aliphatic carbocycles. The van der Waals surface area contributed by atoms with Crippen LogP contribution >= 0.6 is 15.9 Å². The van der Waals surface area contributed by atoms with E-state index in [1.807, 2.05) is 25.1 Å². The minimum atomic E-state index is -0.833. The molecule has 0 unspecified atom stereocenters. The van der Waals surface area contributed by atoms with Gasteiger partial charge in [-0.3, -0.25) is 4.79 Å². The lowest BCUT2D eigenvalue weighted by atomic mass is 9.69. The number of carbonyl (C=O) groups excluding carboxylic acids is 1. The Morgan fingerprint density at radius 2 is 2.10 bits per heavy atom. The molecule has 1 saturated carbocycles. The predicted molar refractivity (Wildman–Crippen MR) is 79.8 cm³/mol. The van der Waals surface area contributed by atoms with Gasteiger partial charge >= 0.3 is 12.0 Å². The first-order valence-electron chi connectivity index (χ1n) is 6.47. The predicted octanol–water partition coefficient (Wildman–Crippen LogP) is 3.13. The van der Waals surface area contributed by atoms with E-state index in [-0.39, 0.29) is 12.6 Å². The SMILES string of the molecule is Cc1ccc(Br)c(NC(=O)NCC2(C(=O)O)CCC2)c1. The van der Waals surface area contributed by atoms with Crippen molar-refractivity contribution in [2.45, 2.75) is 26.2 Å². The minimum Gasteiger partial charge on any atom is -0.481 e. The van der Waals surface area contributed by atoms with Crippen molar-refractivity contribution in [2.75, 3.05) is 11.9 Å². The van der Waals surface area contributed by atoms with Crippen LogP contribution in [-0.2, 0) is 4.79 Å². The maximum absolute atomic E-state index is 11.8. The molecule has 5 nitrogen and oxygen atoms in total. The Kier molecular flexibility index (Phi) is 4.32. The van der Waals surface area contributed by atoms with Gasteiger partial charge in [-0.05, 0) is 53.4 Å². The molecular weight excluding hydrogens is 324 g/mol. The Balaban J connectivity index is 1.93. The maximum Gasteiger partial charge on any atom is 0.319 e. The number of amides is 2. The number of hydrogen-bond acceptors (Lipinski definition) is 2. The van der Waals surface area contributed by atoms with Crippen molar-refractivity contribution in [3.8, 4) is 0 Å². The molecule has 0 atom stereocenters. The monoisotopic (exact) mass is 340 g/mol. The summed E-state index contributed by atoms with van der Waals surface area (Å²) in [4.78, 5) is 23.0. The molecular formula is C14H17BrN2O3. The molecule has 1 aliphatic rings. The van der Waals surface area contributed by atoms with Crippen LogP contribution in [0.4, 0.5) is 10.5 Å². The number of anilines is 1. The number of urea groups is 1. The van der Waals surface area contributed by atoms with Gasteiger partial charge < -0.3 is 15.7 Å². The second-order valence-corrected chi connectivity index (χ2v) is 6.08. The zero-order chi connectivity index (χ0) is 14.8. The van der Waals surface area contributed by atoms with E-state index in [1.165, 1.54) is 0 Å². The Bertz CT molecular complexity index is 541. The molecule has 0 aliphatic heterocycles. The third-order valence-corrected chi connectivity index (χ3v) is 4.41. The molecule has 1 aromatic carbocycles. The van der Waals surface area contributed by atoms with E-state index in [0.717, 1.165) is 16.5 Å². The van der Waals surface area contributed by atoms with E-state index in [2.05, 4.69) is 26.6 Å². The average molecular weight is 341 g/mol. The second-order valence-electron chi connectivity index (χ2n) is 5.23. The van der Waals surface area contributed by atoms with Crippen molar-refractivity contribution in [1.82, 2.24) is 5.32 Å². The van der Waals surface area contributed by atoms with Crippen LogP contribution in [0.2, 0.25) is 0 Å². The standard InChI is InChI=1S/C14H17BrN2O3/c1-9-3-4-10(15)11(7-9)17-13(20)16-8-14(12(18)19)5-2-6-14/h3-4,7H,2,5-6,8H2,1H3,(H,18,19)(H2,16,17,20). The van der Waals surface area contributed by atoms with Crippen molar-refractivity contribution in [3.63, 3.8) is 0 Å². The van der Waals surface area contributed by atoms with Crippen LogP contribution < -0.4 is 10.6 Å². The first-order valence-corrected chi connectivity index (χ1v) is 7.27. The smallest absolute Gasteiger partial charge is 0.319 e. The summed E-state index contributed by atoms with van der Waals surface area (Å²) in [5, 5.41) is 14.6. The molecule has 108 valence electrons. The molecule has 0 heterocycles. The van der Waals surface area contributed by atoms with Gasteiger partial charge in [-0.25, -0.2) is 4.79 Å². The molecule has 2 rings (SSSR count). The van der Waals surface area contributed by atoms with Crippen molar-refractivity contribution >= 4 is 33.6 Å². The topological polar surface area (TPSA) is 78.4 Å². The molecule has 0 aromatic heterocycles. The van der Waals surface area contributed by atoms with E-state index >= 15 is 0 Å². The number of rotatable bonds is 4. The largest absolute Gasteiger partial charge is 0.481 e. The van der Waals surface area contributed by atoms with E-state index in [1.54, 1.807) is 0 Å². The van der Waals surface area contributed by atoms with Gasteiger partial charge in [0.2, 0.25) is 0 Å². The Morgan fingerprint density at radius 3 is 2.65 bits per heavy atom. The van der Waals surface area contributed by atoms with Crippen molar-refractivity contribution in [1.29, 1.82) is 0 Å². The molecule has 0 radical (unpaired) electrons. The van der Waals surface area contributed by atoms with Crippen LogP contribution in [0.5, 0.6) is 0 Å². The molecule has 3 N–H and O–H groups in total. The quantitative estimate of drug-likeness (QED) is 0.787. The highest BCUT2D eigenvalue weighted by atomic mass is 79.9. The van der Waals surface area contributed by atoms with Crippen LogP contribution in [0.3, 0.4) is 0 Å². The summed E-state index contributed by atoms with van der Waals surface area (Å²) in [5.41, 5.74) is 0.922. The summed E-state index contributed by atoms with van der Waals surface area (Å²) in [6.07, 6.45) is 2.15. The number of aryl methyl sites for hydroxylation is 1. The van der Waals surface area contributed by atoms with Crippen molar-refractivity contribution in [3.05, 3.63) is 28.2 Å². The van der Waals surface area contributed by atoms with Gasteiger partial charge in [0.1, 0.15) is 0 Å². The number of carbonyl (C=O) groups is 2. The zero-order valence-corrected chi connectivity index (χ0v) is 12.8. The highest BCUT2D eigenvalue weighted by molar-refractivity contribution is 9.10.